The normalized spacial score (nSPS) is 19.6. The average Bonchev–Trinajstić information content (AvgIpc) is 3.21. The SMILES string of the molecule is COc1cc(OC)cc([C@@H](OC[C@H]2CO2)C(F)(F)F)c1. The fourth-order valence-electron chi connectivity index (χ4n) is 1.73. The van der Waals surface area contributed by atoms with E-state index in [0.717, 1.165) is 0 Å². The van der Waals surface area contributed by atoms with Crippen molar-refractivity contribution in [1.29, 1.82) is 0 Å². The minimum atomic E-state index is -4.52. The van der Waals surface area contributed by atoms with Crippen molar-refractivity contribution in [2.45, 2.75) is 18.4 Å². The van der Waals surface area contributed by atoms with Crippen LogP contribution < -0.4 is 9.47 Å². The standard InChI is InChI=1S/C13H15F3O4/c1-17-9-3-8(4-10(5-9)18-2)12(13(14,15)16)20-7-11-6-19-11/h3-5,11-12H,6-7H2,1-2H3/t11-,12-/m1/s1. The first-order valence-corrected chi connectivity index (χ1v) is 5.97. The molecule has 4 nitrogen and oxygen atoms in total. The summed E-state index contributed by atoms with van der Waals surface area (Å²) in [4.78, 5) is 0. The van der Waals surface area contributed by atoms with Crippen LogP contribution in [0.5, 0.6) is 11.5 Å². The van der Waals surface area contributed by atoms with Crippen molar-refractivity contribution in [2.24, 2.45) is 0 Å². The van der Waals surface area contributed by atoms with Crippen molar-refractivity contribution in [3.63, 3.8) is 0 Å². The van der Waals surface area contributed by atoms with E-state index in [2.05, 4.69) is 0 Å². The minimum absolute atomic E-state index is 0.0608. The van der Waals surface area contributed by atoms with Gasteiger partial charge in [0.15, 0.2) is 6.10 Å². The molecule has 0 saturated carbocycles. The van der Waals surface area contributed by atoms with Gasteiger partial charge in [-0.1, -0.05) is 0 Å². The van der Waals surface area contributed by atoms with Crippen LogP contribution in [0, 0.1) is 0 Å². The lowest BCUT2D eigenvalue weighted by Crippen LogP contribution is -2.25. The highest BCUT2D eigenvalue weighted by molar-refractivity contribution is 5.39. The number of epoxide rings is 1. The van der Waals surface area contributed by atoms with Gasteiger partial charge in [-0.25, -0.2) is 0 Å². The molecule has 2 rings (SSSR count). The Hall–Kier alpha value is -1.47. The highest BCUT2D eigenvalue weighted by Crippen LogP contribution is 2.39. The summed E-state index contributed by atoms with van der Waals surface area (Å²) >= 11 is 0. The molecule has 0 radical (unpaired) electrons. The fourth-order valence-corrected chi connectivity index (χ4v) is 1.73. The number of methoxy groups -OCH3 is 2. The maximum Gasteiger partial charge on any atom is 0.418 e. The number of hydrogen-bond donors (Lipinski definition) is 0. The largest absolute Gasteiger partial charge is 0.497 e. The predicted octanol–water partition coefficient (Wildman–Crippen LogP) is 2.72. The van der Waals surface area contributed by atoms with Gasteiger partial charge in [-0.15, -0.1) is 0 Å². The molecular formula is C13H15F3O4. The first kappa shape index (κ1) is 14.9. The van der Waals surface area contributed by atoms with E-state index in [9.17, 15) is 13.2 Å². The van der Waals surface area contributed by atoms with Gasteiger partial charge in [0.05, 0.1) is 27.4 Å². The summed E-state index contributed by atoms with van der Waals surface area (Å²) in [6.07, 6.45) is -6.80. The molecule has 1 saturated heterocycles. The van der Waals surface area contributed by atoms with Crippen molar-refractivity contribution in [1.82, 2.24) is 0 Å². The third-order valence-corrected chi connectivity index (χ3v) is 2.82. The van der Waals surface area contributed by atoms with Crippen LogP contribution in [-0.4, -0.2) is 39.7 Å². The Kier molecular flexibility index (Phi) is 4.39. The van der Waals surface area contributed by atoms with Crippen LogP contribution in [0.15, 0.2) is 18.2 Å². The van der Waals surface area contributed by atoms with E-state index in [0.29, 0.717) is 6.61 Å². The molecule has 20 heavy (non-hydrogen) atoms. The van der Waals surface area contributed by atoms with Gasteiger partial charge in [0.1, 0.15) is 17.6 Å². The highest BCUT2D eigenvalue weighted by Gasteiger charge is 2.43. The molecule has 1 heterocycles. The van der Waals surface area contributed by atoms with Crippen molar-refractivity contribution in [2.75, 3.05) is 27.4 Å². The number of benzene rings is 1. The third kappa shape index (κ3) is 3.77. The van der Waals surface area contributed by atoms with Gasteiger partial charge in [-0.2, -0.15) is 13.2 Å². The summed E-state index contributed by atoms with van der Waals surface area (Å²) in [6.45, 7) is 0.343. The molecule has 1 aromatic carbocycles. The van der Waals surface area contributed by atoms with Crippen molar-refractivity contribution < 1.29 is 32.1 Å². The molecule has 0 aromatic heterocycles. The molecule has 1 aliphatic heterocycles. The minimum Gasteiger partial charge on any atom is -0.497 e. The third-order valence-electron chi connectivity index (χ3n) is 2.82. The van der Waals surface area contributed by atoms with E-state index in [1.807, 2.05) is 0 Å². The van der Waals surface area contributed by atoms with E-state index in [4.69, 9.17) is 18.9 Å². The molecule has 112 valence electrons. The number of alkyl halides is 3. The van der Waals surface area contributed by atoms with Crippen LogP contribution in [0.1, 0.15) is 11.7 Å². The lowest BCUT2D eigenvalue weighted by Gasteiger charge is -2.22. The second-order valence-corrected chi connectivity index (χ2v) is 4.36. The average molecular weight is 292 g/mol. The number of hydrogen-bond acceptors (Lipinski definition) is 4. The van der Waals surface area contributed by atoms with Crippen molar-refractivity contribution in [3.8, 4) is 11.5 Å². The van der Waals surface area contributed by atoms with Gasteiger partial charge in [0.2, 0.25) is 0 Å². The summed E-state index contributed by atoms with van der Waals surface area (Å²) < 4.78 is 59.1. The Morgan fingerprint density at radius 3 is 2.15 bits per heavy atom. The smallest absolute Gasteiger partial charge is 0.418 e. The summed E-state index contributed by atoms with van der Waals surface area (Å²) in [5.41, 5.74) is -0.0608. The van der Waals surface area contributed by atoms with E-state index in [-0.39, 0.29) is 29.8 Å². The molecule has 0 N–H and O–H groups in total. The Bertz CT molecular complexity index is 435. The van der Waals surface area contributed by atoms with Gasteiger partial charge in [-0.3, -0.25) is 0 Å². The Labute approximate surface area is 114 Å². The van der Waals surface area contributed by atoms with Crippen LogP contribution in [0.2, 0.25) is 0 Å². The van der Waals surface area contributed by atoms with Crippen LogP contribution in [0.25, 0.3) is 0 Å². The van der Waals surface area contributed by atoms with Crippen molar-refractivity contribution in [3.05, 3.63) is 23.8 Å². The zero-order valence-electron chi connectivity index (χ0n) is 11.1. The first-order valence-electron chi connectivity index (χ1n) is 5.97. The lowest BCUT2D eigenvalue weighted by molar-refractivity contribution is -0.224. The summed E-state index contributed by atoms with van der Waals surface area (Å²) in [7, 11) is 2.75. The number of halogens is 3. The van der Waals surface area contributed by atoms with Crippen molar-refractivity contribution >= 4 is 0 Å². The number of rotatable bonds is 6. The molecule has 0 spiro atoms. The highest BCUT2D eigenvalue weighted by atomic mass is 19.4. The fraction of sp³-hybridized carbons (Fsp3) is 0.538. The molecular weight excluding hydrogens is 277 g/mol. The van der Waals surface area contributed by atoms with Crippen LogP contribution in [0.3, 0.4) is 0 Å². The molecule has 0 amide bonds. The van der Waals surface area contributed by atoms with E-state index in [1.165, 1.54) is 32.4 Å². The molecule has 1 fully saturated rings. The maximum atomic E-state index is 13.1. The second kappa shape index (κ2) is 5.88. The Morgan fingerprint density at radius 1 is 1.20 bits per heavy atom. The molecule has 0 bridgehead atoms. The van der Waals surface area contributed by atoms with Gasteiger partial charge in [0, 0.05) is 6.07 Å². The van der Waals surface area contributed by atoms with E-state index >= 15 is 0 Å². The molecule has 2 atom stereocenters. The van der Waals surface area contributed by atoms with Crippen LogP contribution in [-0.2, 0) is 9.47 Å². The van der Waals surface area contributed by atoms with Gasteiger partial charge < -0.3 is 18.9 Å². The molecule has 7 heteroatoms. The van der Waals surface area contributed by atoms with Gasteiger partial charge >= 0.3 is 6.18 Å². The summed E-state index contributed by atoms with van der Waals surface area (Å²) in [6, 6.07) is 4.07. The maximum absolute atomic E-state index is 13.1. The van der Waals surface area contributed by atoms with Crippen LogP contribution in [0.4, 0.5) is 13.2 Å². The summed E-state index contributed by atoms with van der Waals surface area (Å²) in [5.74, 6) is 0.555. The van der Waals surface area contributed by atoms with Crippen LogP contribution >= 0.6 is 0 Å². The zero-order valence-corrected chi connectivity index (χ0v) is 11.1. The molecule has 0 unspecified atom stereocenters. The second-order valence-electron chi connectivity index (χ2n) is 4.36. The Morgan fingerprint density at radius 2 is 1.75 bits per heavy atom. The monoisotopic (exact) mass is 292 g/mol. The van der Waals surface area contributed by atoms with E-state index in [1.54, 1.807) is 0 Å². The molecule has 0 aliphatic carbocycles. The lowest BCUT2D eigenvalue weighted by atomic mass is 10.1. The molecule has 1 aromatic rings. The quantitative estimate of drug-likeness (QED) is 0.756. The summed E-state index contributed by atoms with van der Waals surface area (Å²) in [5, 5.41) is 0. The number of ether oxygens (including phenoxy) is 4. The molecule has 1 aliphatic rings. The zero-order chi connectivity index (χ0) is 14.8. The Balaban J connectivity index is 2.25. The predicted molar refractivity (Wildman–Crippen MR) is 64.0 cm³/mol. The van der Waals surface area contributed by atoms with Gasteiger partial charge in [0.25, 0.3) is 0 Å². The van der Waals surface area contributed by atoms with Gasteiger partial charge in [-0.05, 0) is 17.7 Å². The van der Waals surface area contributed by atoms with E-state index < -0.39 is 12.3 Å². The first-order chi connectivity index (χ1) is 9.44. The topological polar surface area (TPSA) is 40.2 Å².